The Hall–Kier alpha value is -4.11. The van der Waals surface area contributed by atoms with Crippen molar-refractivity contribution in [2.24, 2.45) is 16.0 Å². The van der Waals surface area contributed by atoms with Crippen molar-refractivity contribution in [3.8, 4) is 0 Å². The molecule has 3 N–H and O–H groups in total. The van der Waals surface area contributed by atoms with Crippen LogP contribution in [0, 0.1) is 0 Å². The molecule has 34 nitrogen and oxygen atoms in total. The molecular formula is C78H124Cl5N9O25S2. The molecule has 678 valence electrons. The van der Waals surface area contributed by atoms with Crippen LogP contribution in [0.4, 0.5) is 0 Å². The minimum Gasteiger partial charge on any atom is -0.394 e. The van der Waals surface area contributed by atoms with E-state index in [2.05, 4.69) is 29.9 Å². The zero-order valence-corrected chi connectivity index (χ0v) is 74.3. The van der Waals surface area contributed by atoms with E-state index in [-0.39, 0.29) is 29.1 Å². The van der Waals surface area contributed by atoms with Gasteiger partial charge in [0.25, 0.3) is 9.05 Å². The molecule has 2 atom stereocenters. The van der Waals surface area contributed by atoms with E-state index in [9.17, 15) is 16.8 Å². The van der Waals surface area contributed by atoms with Gasteiger partial charge in [-0.3, -0.25) is 0 Å². The lowest BCUT2D eigenvalue weighted by Crippen LogP contribution is -2.31. The summed E-state index contributed by atoms with van der Waals surface area (Å²) in [5.74, 6) is -0.0660. The summed E-state index contributed by atoms with van der Waals surface area (Å²) >= 11 is 25.3. The first-order chi connectivity index (χ1) is 57.9. The minimum atomic E-state index is -3.76. The largest absolute Gasteiger partial charge is 0.394 e. The second-order valence-electron chi connectivity index (χ2n) is 25.7. The Kier molecular flexibility index (Phi) is 67.0. The van der Waals surface area contributed by atoms with Crippen molar-refractivity contribution in [3.05, 3.63) is 147 Å². The van der Waals surface area contributed by atoms with Gasteiger partial charge in [0.05, 0.1) is 273 Å². The third-order valence-electron chi connectivity index (χ3n) is 16.5. The highest BCUT2D eigenvalue weighted by Crippen LogP contribution is 2.41. The maximum Gasteiger partial charge on any atom is 0.261 e. The Morgan fingerprint density at radius 2 is 0.697 bits per heavy atom. The summed E-state index contributed by atoms with van der Waals surface area (Å²) in [5.41, 5.74) is 27.2. The second-order valence-corrected chi connectivity index (χ2v) is 32.1. The molecule has 0 spiro atoms. The molecule has 2 heterocycles. The van der Waals surface area contributed by atoms with Gasteiger partial charge in [0.15, 0.2) is 9.84 Å². The average Bonchev–Trinajstić information content (AvgIpc) is 0.780. The molecule has 0 saturated heterocycles. The van der Waals surface area contributed by atoms with Crippen LogP contribution in [0.3, 0.4) is 0 Å². The first-order valence-corrected chi connectivity index (χ1v) is 44.9. The lowest BCUT2D eigenvalue weighted by Gasteiger charge is -2.33. The van der Waals surface area contributed by atoms with Gasteiger partial charge >= 0.3 is 0 Å². The van der Waals surface area contributed by atoms with Crippen LogP contribution in [0.25, 0.3) is 20.9 Å². The molecule has 4 aromatic rings. The number of likely N-dealkylation sites (N-methyl/N-ethyl adjacent to an activating group) is 2. The van der Waals surface area contributed by atoms with Gasteiger partial charge in [-0.2, -0.15) is 0 Å². The number of sulfone groups is 1. The molecular weight excluding hydrogens is 1700 g/mol. The van der Waals surface area contributed by atoms with Crippen molar-refractivity contribution in [3.63, 3.8) is 0 Å². The molecule has 6 rings (SSSR count). The molecule has 2 aliphatic heterocycles. The molecule has 2 unspecified atom stereocenters. The molecule has 2 aliphatic rings. The SMILES string of the molecule is CN1Cc2c(Cl)cc(Cl)cc2C(c2cccc(S(=O)(=O)CCCOCCOCCOCCOCCOCCOCCOCCOCCOCCOCCN=[N+]=[N-])c2)C1.CN1Cc2c(Cl)cc(Cl)cc2C(c2cccc(S(=O)(=O)Cl)c2)C1.COCCOCCOCCOCCOCCOCCOCCOCCOCCN=[N+]=[N-].NCCOCCO. The van der Waals surface area contributed by atoms with Crippen molar-refractivity contribution in [2.75, 3.05) is 324 Å². The smallest absolute Gasteiger partial charge is 0.261 e. The van der Waals surface area contributed by atoms with E-state index in [4.69, 9.17) is 174 Å². The topological polar surface area (TPSA) is 403 Å². The van der Waals surface area contributed by atoms with Crippen LogP contribution in [0.1, 0.15) is 51.6 Å². The fourth-order valence-corrected chi connectivity index (χ4v) is 14.2. The Morgan fingerprint density at radius 3 is 0.992 bits per heavy atom. The number of aliphatic hydroxyl groups excluding tert-OH is 1. The minimum absolute atomic E-state index is 0.0114. The Morgan fingerprint density at radius 1 is 0.412 bits per heavy atom. The number of fused-ring (bicyclic) bond motifs is 2. The van der Waals surface area contributed by atoms with Crippen LogP contribution in [0.5, 0.6) is 0 Å². The van der Waals surface area contributed by atoms with Crippen LogP contribution >= 0.6 is 57.1 Å². The van der Waals surface area contributed by atoms with Gasteiger partial charge in [-0.15, -0.1) is 0 Å². The van der Waals surface area contributed by atoms with Gasteiger partial charge in [0.2, 0.25) is 0 Å². The summed E-state index contributed by atoms with van der Waals surface area (Å²) in [6.07, 6.45) is 0.378. The standard InChI is InChI=1S/C39H60Cl2N4O12S.C19H39N3O9.C16H14Cl3NO2S.C4H11NO2/c1-45-31-37(36-29-34(40)30-39(41)38(36)32-45)33-4-2-5-35(28-33)58(46,47)27-3-7-48-9-11-50-13-15-52-17-19-54-21-23-56-25-26-57-24-22-55-20-18-53-16-14-51-12-10-49-8-6-43-44-42;1-23-4-5-25-8-9-27-12-13-29-16-17-31-19-18-30-15-14-28-11-10-26-7-6-24-3-2-21-22-20;1-20-8-14(10-3-2-4-12(5-10)23(19,21)22)13-6-11(17)7-16(18)15(13)9-20;5-1-3-7-4-2-6/h2,4-5,28-30,37H,3,6-27,31-32H2,1H3;2-19H2,1H3;2-7,14H,8-9H2,1H3;6H,1-5H2. The van der Waals surface area contributed by atoms with Gasteiger partial charge in [-0.1, -0.05) is 80.9 Å². The van der Waals surface area contributed by atoms with Gasteiger partial charge in [-0.05, 0) is 113 Å². The van der Waals surface area contributed by atoms with E-state index >= 15 is 0 Å². The van der Waals surface area contributed by atoms with Gasteiger partial charge < -0.3 is 115 Å². The fraction of sp³-hybridized carbons (Fsp3) is 0.692. The molecule has 0 aromatic heterocycles. The predicted octanol–water partition coefficient (Wildman–Crippen LogP) is 9.74. The monoisotopic (exact) mass is 1830 g/mol. The number of methoxy groups -OCH3 is 1. The van der Waals surface area contributed by atoms with Crippen LogP contribution in [0.2, 0.25) is 20.1 Å². The van der Waals surface area contributed by atoms with Gasteiger partial charge in [-0.25, -0.2) is 16.8 Å². The third kappa shape index (κ3) is 55.1. The lowest BCUT2D eigenvalue weighted by atomic mass is 9.85. The summed E-state index contributed by atoms with van der Waals surface area (Å²) < 4.78 is 157. The summed E-state index contributed by atoms with van der Waals surface area (Å²) in [6, 6.07) is 21.2. The number of benzene rings is 4. The summed E-state index contributed by atoms with van der Waals surface area (Å²) in [6.45, 7) is 22.8. The molecule has 0 radical (unpaired) electrons. The summed E-state index contributed by atoms with van der Waals surface area (Å²) in [4.78, 5) is 10.0. The summed E-state index contributed by atoms with van der Waals surface area (Å²) in [7, 11) is 3.88. The van der Waals surface area contributed by atoms with Crippen molar-refractivity contribution in [1.82, 2.24) is 9.80 Å². The van der Waals surface area contributed by atoms with Gasteiger partial charge in [0, 0.05) is 112 Å². The van der Waals surface area contributed by atoms with E-state index in [0.717, 1.165) is 53.0 Å². The number of ether oxygens (including phenoxy) is 20. The zero-order valence-electron chi connectivity index (χ0n) is 68.8. The van der Waals surface area contributed by atoms with E-state index in [1.807, 2.05) is 38.4 Å². The number of halogens is 5. The molecule has 119 heavy (non-hydrogen) atoms. The highest BCUT2D eigenvalue weighted by molar-refractivity contribution is 8.13. The van der Waals surface area contributed by atoms with E-state index in [1.165, 1.54) is 6.07 Å². The summed E-state index contributed by atoms with van der Waals surface area (Å²) in [5, 5.41) is 17.3. The maximum atomic E-state index is 13.2. The maximum absolute atomic E-state index is 13.2. The third-order valence-corrected chi connectivity index (χ3v) is 20.8. The molecule has 4 aromatic carbocycles. The van der Waals surface area contributed by atoms with E-state index in [0.29, 0.717) is 315 Å². The normalized spacial score (nSPS) is 14.1. The van der Waals surface area contributed by atoms with Crippen LogP contribution in [-0.2, 0) is 127 Å². The molecule has 0 amide bonds. The second kappa shape index (κ2) is 73.1. The number of hydrogen-bond acceptors (Lipinski definition) is 30. The predicted molar refractivity (Wildman–Crippen MR) is 453 cm³/mol. The number of azide groups is 2. The zero-order chi connectivity index (χ0) is 86.3. The molecule has 0 bridgehead atoms. The van der Waals surface area contributed by atoms with Crippen molar-refractivity contribution in [1.29, 1.82) is 0 Å². The first kappa shape index (κ1) is 109. The van der Waals surface area contributed by atoms with Crippen molar-refractivity contribution in [2.45, 2.75) is 41.1 Å². The lowest BCUT2D eigenvalue weighted by molar-refractivity contribution is -0.0263. The number of nitrogens with two attached hydrogens (primary N) is 1. The highest BCUT2D eigenvalue weighted by Gasteiger charge is 2.30. The molecule has 0 saturated carbocycles. The Bertz CT molecular complexity index is 3560. The first-order valence-electron chi connectivity index (χ1n) is 39.4. The van der Waals surface area contributed by atoms with Crippen molar-refractivity contribution >= 4 is 76.0 Å². The van der Waals surface area contributed by atoms with Crippen LogP contribution in [0.15, 0.2) is 92.8 Å². The average molecular weight is 1830 g/mol. The quantitative estimate of drug-likeness (QED) is 0.0136. The highest BCUT2D eigenvalue weighted by atomic mass is 35.7. The van der Waals surface area contributed by atoms with Crippen LogP contribution in [-0.4, -0.2) is 356 Å². The number of nitrogens with zero attached hydrogens (tertiary/aromatic N) is 8. The number of hydrogen-bond donors (Lipinski definition) is 2. The van der Waals surface area contributed by atoms with Gasteiger partial charge in [0.1, 0.15) is 0 Å². The van der Waals surface area contributed by atoms with Crippen molar-refractivity contribution < 1.29 is 117 Å². The Balaban J connectivity index is 0.000000496. The van der Waals surface area contributed by atoms with Crippen LogP contribution < -0.4 is 5.73 Å². The fourth-order valence-electron chi connectivity index (χ4n) is 11.0. The molecule has 0 aliphatic carbocycles. The van der Waals surface area contributed by atoms with E-state index in [1.54, 1.807) is 49.6 Å². The Labute approximate surface area is 726 Å². The molecule has 0 fully saturated rings. The molecule has 41 heteroatoms. The van der Waals surface area contributed by atoms with E-state index < -0.39 is 18.9 Å². The number of aliphatic hydroxyl groups is 1. The number of rotatable bonds is 69.